The van der Waals surface area contributed by atoms with Crippen molar-refractivity contribution in [2.24, 2.45) is 23.7 Å². The molecule has 5 aliphatic heterocycles. The number of Topliss-reactive ketones (excluding diaryl/α,β-unsaturated/α-hetero) is 4. The molecule has 0 saturated carbocycles. The highest BCUT2D eigenvalue weighted by Crippen LogP contribution is 2.79. The first kappa shape index (κ1) is 117. The number of phosphoric acid groups is 4. The number of hydrogen-bond donors (Lipinski definition) is 19. The van der Waals surface area contributed by atoms with Crippen molar-refractivity contribution < 1.29 is 176 Å². The zero-order chi connectivity index (χ0) is 102. The van der Waals surface area contributed by atoms with E-state index in [-0.39, 0.29) is 71.1 Å². The van der Waals surface area contributed by atoms with Gasteiger partial charge < -0.3 is 103 Å². The van der Waals surface area contributed by atoms with Crippen molar-refractivity contribution in [3.8, 4) is 0 Å². The molecule has 4 aromatic rings. The Morgan fingerprint density at radius 1 is 0.422 bits per heavy atom. The van der Waals surface area contributed by atoms with Gasteiger partial charge in [0.05, 0.1) is 26.4 Å². The molecule has 5 fully saturated rings. The predicted molar refractivity (Wildman–Crippen MR) is 469 cm³/mol. The Labute approximate surface area is 774 Å². The third kappa shape index (κ3) is 35.0. The molecule has 5 aliphatic rings. The fraction of sp³-hybridized carbons (Fsp3) is 0.616. The summed E-state index contributed by atoms with van der Waals surface area (Å²) in [5.74, 6) is -3.96. The van der Waals surface area contributed by atoms with Gasteiger partial charge in [-0.15, -0.1) is 0 Å². The molecule has 5 saturated heterocycles. The maximum atomic E-state index is 12.6. The molecule has 9 rings (SSSR count). The molecule has 53 nitrogen and oxygen atoms in total. The van der Waals surface area contributed by atoms with Crippen molar-refractivity contribution in [2.45, 2.75) is 233 Å². The van der Waals surface area contributed by atoms with Crippen molar-refractivity contribution in [3.63, 3.8) is 0 Å². The molecule has 13 unspecified atom stereocenters. The lowest BCUT2D eigenvalue weighted by Gasteiger charge is -2.28. The molecule has 0 spiro atoms. The minimum atomic E-state index is -5.79. The molecule has 0 amide bonds. The molecular weight excluding hydrogens is 2000 g/mol. The number of aromatic amines is 4. The van der Waals surface area contributed by atoms with Crippen LogP contribution in [0.5, 0.6) is 0 Å². The summed E-state index contributed by atoms with van der Waals surface area (Å²) in [5.41, 5.74) is -2.25. The van der Waals surface area contributed by atoms with Gasteiger partial charge in [-0.2, -0.15) is 8.62 Å². The Hall–Kier alpha value is -6.49. The number of H-pyrrole nitrogens is 4. The number of allylic oxidation sites excluding steroid dienone is 8. The second-order valence-corrected chi connectivity index (χ2v) is 47.5. The van der Waals surface area contributed by atoms with E-state index in [0.717, 1.165) is 53.0 Å². The van der Waals surface area contributed by atoms with Gasteiger partial charge in [0.15, 0.2) is 30.8 Å². The number of ether oxygens (including phenoxy) is 4. The number of aliphatic hydroxyl groups is 9. The Morgan fingerprint density at radius 3 is 0.933 bits per heavy atom. The average Bonchev–Trinajstić information content (AvgIpc) is 1.16. The van der Waals surface area contributed by atoms with Gasteiger partial charge in [0, 0.05) is 70.7 Å². The van der Waals surface area contributed by atoms with Crippen molar-refractivity contribution in [1.82, 2.24) is 38.2 Å². The fourth-order valence-corrected chi connectivity index (χ4v) is 24.1. The number of nitrogens with zero attached hydrogens (tertiary/aromatic N) is 4. The number of carbonyl (C=O) groups excluding carboxylic acids is 4. The molecule has 0 aliphatic carbocycles. The van der Waals surface area contributed by atoms with Gasteiger partial charge in [-0.25, -0.2) is 46.1 Å². The Kier molecular flexibility index (Phi) is 42.8. The summed E-state index contributed by atoms with van der Waals surface area (Å²) in [4.78, 5) is 210. The number of rotatable bonds is 38. The first-order valence-corrected chi connectivity index (χ1v) is 53.4. The molecule has 4 aromatic heterocycles. The van der Waals surface area contributed by atoms with Crippen LogP contribution in [0.1, 0.15) is 156 Å². The average molecular weight is 2110 g/mol. The lowest BCUT2D eigenvalue weighted by atomic mass is 9.93. The highest BCUT2D eigenvalue weighted by molar-refractivity contribution is 8.05. The molecule has 9 heterocycles. The van der Waals surface area contributed by atoms with Crippen LogP contribution in [0.15, 0.2) is 110 Å². The van der Waals surface area contributed by atoms with E-state index in [4.69, 9.17) is 60.3 Å². The number of phosphoric ester groups is 1. The van der Waals surface area contributed by atoms with Crippen molar-refractivity contribution in [3.05, 3.63) is 177 Å². The van der Waals surface area contributed by atoms with E-state index >= 15 is 0 Å². The Morgan fingerprint density at radius 2 is 0.689 bits per heavy atom. The van der Waals surface area contributed by atoms with Crippen molar-refractivity contribution in [2.75, 3.05) is 32.3 Å². The van der Waals surface area contributed by atoms with E-state index in [9.17, 15) is 155 Å². The highest BCUT2D eigenvalue weighted by atomic mass is 35.9. The zero-order valence-electron chi connectivity index (χ0n) is 74.0. The summed E-state index contributed by atoms with van der Waals surface area (Å²) >= 11 is 10.6. The van der Waals surface area contributed by atoms with E-state index in [2.05, 4.69) is 36.7 Å². The first-order valence-electron chi connectivity index (χ1n) is 40.4. The van der Waals surface area contributed by atoms with E-state index in [1.807, 2.05) is 78.6 Å². The molecular formula is C73H109Cl2N8O45P7. The van der Waals surface area contributed by atoms with Crippen LogP contribution in [0.2, 0.25) is 0 Å². The molecule has 25 atom stereocenters. The quantitative estimate of drug-likeness (QED) is 0.0223. The molecule has 0 aromatic carbocycles. The largest absolute Gasteiger partial charge is 0.490 e. The van der Waals surface area contributed by atoms with Gasteiger partial charge in [0.2, 0.25) is 0 Å². The molecule has 135 heavy (non-hydrogen) atoms. The lowest BCUT2D eigenvalue weighted by Crippen LogP contribution is -2.39. The summed E-state index contributed by atoms with van der Waals surface area (Å²) in [6.45, 7) is 17.6. The van der Waals surface area contributed by atoms with Gasteiger partial charge in [-0.3, -0.25) is 94.8 Å². The van der Waals surface area contributed by atoms with E-state index in [1.165, 1.54) is 40.1 Å². The molecule has 760 valence electrons. The number of aliphatic hydroxyl groups excluding tert-OH is 9. The Balaban J connectivity index is 0.000000279. The number of hydrogen-bond acceptors (Lipinski definition) is 39. The third-order valence-electron chi connectivity index (χ3n) is 20.7. The normalized spacial score (nSPS) is 28.4. The number of carbonyl (C=O) groups is 4. The smallest absolute Gasteiger partial charge is 0.394 e. The van der Waals surface area contributed by atoms with Crippen LogP contribution >= 0.6 is 75.0 Å². The van der Waals surface area contributed by atoms with Gasteiger partial charge in [-0.1, -0.05) is 46.6 Å². The van der Waals surface area contributed by atoms with Crippen LogP contribution in [0.3, 0.4) is 0 Å². The molecule has 0 bridgehead atoms. The van der Waals surface area contributed by atoms with Gasteiger partial charge in [0.1, 0.15) is 96.4 Å². The number of halogens is 2. The highest BCUT2D eigenvalue weighted by Gasteiger charge is 2.55. The minimum absolute atomic E-state index is 0.0149. The van der Waals surface area contributed by atoms with Gasteiger partial charge in [-0.05, 0) is 157 Å². The third-order valence-corrected chi connectivity index (χ3v) is 32.5. The maximum absolute atomic E-state index is 12.6. The standard InChI is InChI=1S/C19H29N2O14P3.C18H25Cl2N2O8P.C18H29N2O16P3.C18H26N2O7/c1-10(2)4-5-12(11(3)22)6-13-7-21(19(26)20-17(13)25)18-16(24)15(23)14(33-18)8-32-37(29)9-36(27,28)34-38(30,31)35-37;1-9(2)4-5-11(10(3)23)6-12-7-22(18(27)21-16(12)26)17-15(25)14(24)13(30-17)8-29-31(19,20)28;1-9(2)4-5-11(10(3)21)6-12-7-20(18(25)19-16(12)24)17-15(23)14(22)13(34-17)8-33-38(29,30)36-39(31,32)35-37(26,27)28;1-9(2)4-5-11(10(3)22)6-12-7-20(18(26)19-16(12)25)17-15(24)14(23)13(8-21)27-17/h4,7,12,14-16,18,23-24H,5-6,8-9H2,1-3H3,(H,27,28)(H,30,31)(H,20,25,26);4,7,11,13-15,17,24-25H,5-6,8H2,1-3H3,(H,21,26,27);4,7,11,13-15,17,22-23H,5-6,8H2,1-3H3,(H,29,30)(H,31,32)(H,19,24,25)(H2,26,27,28);4,7,11,13-15,17,21,23-24H,5-6,8H2,1-3H3,(H,19,25,26)/t12?,14-,15?,16+,18-,37?;3*11?,13-,14?,15+,17-/m1111/s1. The van der Waals surface area contributed by atoms with E-state index < -0.39 is 252 Å². The number of aromatic nitrogens is 8. The van der Waals surface area contributed by atoms with Crippen LogP contribution in [0.4, 0.5) is 0 Å². The summed E-state index contributed by atoms with van der Waals surface area (Å²) < 4.78 is 136. The van der Waals surface area contributed by atoms with Crippen LogP contribution in [-0.4, -0.2) is 242 Å². The molecule has 0 radical (unpaired) electrons. The zero-order valence-corrected chi connectivity index (χ0v) is 81.8. The summed E-state index contributed by atoms with van der Waals surface area (Å²) in [6.07, 6.45) is -14.7. The van der Waals surface area contributed by atoms with E-state index in [1.54, 1.807) is 6.08 Å². The Bertz CT molecular complexity index is 5910. The monoisotopic (exact) mass is 2100 g/mol. The van der Waals surface area contributed by atoms with Crippen LogP contribution in [0.25, 0.3) is 0 Å². The minimum Gasteiger partial charge on any atom is -0.394 e. The van der Waals surface area contributed by atoms with Crippen molar-refractivity contribution in [1.29, 1.82) is 0 Å². The predicted octanol–water partition coefficient (Wildman–Crippen LogP) is 1.48. The molecule has 19 N–H and O–H groups in total. The van der Waals surface area contributed by atoms with Crippen LogP contribution in [-0.2, 0) is 127 Å². The first-order chi connectivity index (χ1) is 62.1. The maximum Gasteiger partial charge on any atom is 0.490 e. The van der Waals surface area contributed by atoms with Crippen LogP contribution in [0, 0.1) is 23.7 Å². The summed E-state index contributed by atoms with van der Waals surface area (Å²) in [7, 11) is -31.6. The second kappa shape index (κ2) is 49.3. The van der Waals surface area contributed by atoms with Crippen LogP contribution < -0.4 is 45.0 Å². The lowest BCUT2D eigenvalue weighted by molar-refractivity contribution is -0.121. The number of ketones is 4. The SMILES string of the molecule is CC(=O)C(CC=C(C)C)Cc1cn([C@@H]2O[C@H](CO)C(O)[C@@H]2O)c(=O)[nH]c1=O.CC(=O)C(CC=C(C)C)Cc1cn([C@@H]2O[C@H](COP(=O)(Cl)Cl)C(O)[C@@H]2O)c(=O)[nH]c1=O.CC(=O)C(CC=C(C)C)Cc1cn([C@@H]2O[C@H](COP(=O)(O)OP(=O)(O)OP(=O)(O)O)C(O)[C@@H]2O)c(=O)[nH]c1=O.CC(=O)C(CC=C(C)C)Cc1cn([C@@H]2O[C@H](COP3(=O)CP(=O)(O)OP(=O)(O)O3)C(O)[C@@H]2O)c(=O)[nH]c1=O. The fourth-order valence-electron chi connectivity index (χ4n) is 13.5. The van der Waals surface area contributed by atoms with Crippen molar-refractivity contribution >= 4 is 98.2 Å². The summed E-state index contributed by atoms with van der Waals surface area (Å²) in [6, 6.07) is 0. The molecule has 62 heteroatoms. The van der Waals surface area contributed by atoms with E-state index in [0.29, 0.717) is 25.7 Å². The number of nitrogens with one attached hydrogen (secondary N) is 4. The topological polar surface area (TPSA) is 812 Å². The van der Waals surface area contributed by atoms with Gasteiger partial charge in [0.25, 0.3) is 22.2 Å². The summed E-state index contributed by atoms with van der Waals surface area (Å²) in [5, 5.41) is 91.3. The second-order valence-electron chi connectivity index (χ2n) is 32.7. The van der Waals surface area contributed by atoms with Gasteiger partial charge >= 0.3 is 75.3 Å².